The van der Waals surface area contributed by atoms with Crippen LogP contribution >= 0.6 is 11.6 Å². The van der Waals surface area contributed by atoms with Crippen molar-refractivity contribution in [3.05, 3.63) is 20.8 Å². The van der Waals surface area contributed by atoms with Crippen molar-refractivity contribution in [1.29, 1.82) is 0 Å². The molecule has 7 nitrogen and oxygen atoms in total. The molecule has 0 aliphatic heterocycles. The summed E-state index contributed by atoms with van der Waals surface area (Å²) in [6.45, 7) is 4.30. The largest absolute Gasteiger partial charge is 0.383 e. The fourth-order valence-corrected chi connectivity index (χ4v) is 2.05. The van der Waals surface area contributed by atoms with Crippen LogP contribution in [0.1, 0.15) is 26.7 Å². The summed E-state index contributed by atoms with van der Waals surface area (Å²) in [7, 11) is 0. The van der Waals surface area contributed by atoms with Crippen molar-refractivity contribution in [3.63, 3.8) is 0 Å². The number of hydrogen-bond donors (Lipinski definition) is 2. The molecule has 0 aromatic carbocycles. The summed E-state index contributed by atoms with van der Waals surface area (Å²) in [5, 5.41) is 0. The molecule has 112 valence electrons. The van der Waals surface area contributed by atoms with E-state index in [4.69, 9.17) is 17.3 Å². The summed E-state index contributed by atoms with van der Waals surface area (Å²) in [5.74, 6) is -0.708. The molecule has 0 fully saturated rings. The van der Waals surface area contributed by atoms with Crippen LogP contribution in [0.4, 0.5) is 11.5 Å². The minimum Gasteiger partial charge on any atom is -0.383 e. The average molecular weight is 303 g/mol. The van der Waals surface area contributed by atoms with E-state index in [0.29, 0.717) is 6.54 Å². The molecule has 0 saturated heterocycles. The number of rotatable bonds is 6. The van der Waals surface area contributed by atoms with Gasteiger partial charge in [-0.05, 0) is 13.3 Å². The van der Waals surface area contributed by atoms with Gasteiger partial charge in [-0.3, -0.25) is 19.1 Å². The zero-order valence-corrected chi connectivity index (χ0v) is 12.4. The highest BCUT2D eigenvalue weighted by molar-refractivity contribution is 6.29. The highest BCUT2D eigenvalue weighted by atomic mass is 35.5. The second-order valence-corrected chi connectivity index (χ2v) is 4.54. The minimum absolute atomic E-state index is 0.00693. The SMILES string of the molecule is CCCCn1c(N)c(N(CC)C(=O)CCl)c(=O)[nH]c1=O. The molecular formula is C12H19ClN4O3. The van der Waals surface area contributed by atoms with Crippen molar-refractivity contribution in [2.75, 3.05) is 23.1 Å². The van der Waals surface area contributed by atoms with Gasteiger partial charge in [0, 0.05) is 13.1 Å². The monoisotopic (exact) mass is 302 g/mol. The zero-order valence-electron chi connectivity index (χ0n) is 11.6. The van der Waals surface area contributed by atoms with E-state index >= 15 is 0 Å². The third-order valence-electron chi connectivity index (χ3n) is 2.95. The minimum atomic E-state index is -0.680. The Bertz CT molecular complexity index is 593. The van der Waals surface area contributed by atoms with Gasteiger partial charge in [0.2, 0.25) is 5.91 Å². The van der Waals surface area contributed by atoms with E-state index in [1.165, 1.54) is 9.47 Å². The van der Waals surface area contributed by atoms with E-state index in [-0.39, 0.29) is 23.9 Å². The molecule has 0 spiro atoms. The number of nitrogens with zero attached hydrogens (tertiary/aromatic N) is 2. The Hall–Kier alpha value is -1.76. The fourth-order valence-electron chi connectivity index (χ4n) is 1.91. The quantitative estimate of drug-likeness (QED) is 0.748. The zero-order chi connectivity index (χ0) is 15.3. The van der Waals surface area contributed by atoms with Crippen LogP contribution < -0.4 is 21.9 Å². The molecule has 0 atom stereocenters. The van der Waals surface area contributed by atoms with Gasteiger partial charge in [0.05, 0.1) is 0 Å². The lowest BCUT2D eigenvalue weighted by molar-refractivity contribution is -0.116. The standard InChI is InChI=1S/C12H19ClN4O3/c1-3-5-6-17-10(14)9(11(19)15-12(17)20)16(4-2)8(18)7-13/h3-7,14H2,1-2H3,(H,15,19,20). The number of halogens is 1. The number of carbonyl (C=O) groups is 1. The molecule has 0 unspecified atom stereocenters. The molecule has 0 aliphatic carbocycles. The summed E-state index contributed by atoms with van der Waals surface area (Å²) in [5.41, 5.74) is 4.63. The first-order valence-corrected chi connectivity index (χ1v) is 7.00. The second kappa shape index (κ2) is 7.14. The molecule has 3 N–H and O–H groups in total. The number of carbonyl (C=O) groups excluding carboxylic acids is 1. The maximum atomic E-state index is 11.9. The molecule has 8 heteroatoms. The third-order valence-corrected chi connectivity index (χ3v) is 3.18. The Balaban J connectivity index is 3.42. The summed E-state index contributed by atoms with van der Waals surface area (Å²) in [4.78, 5) is 38.8. The van der Waals surface area contributed by atoms with Gasteiger partial charge < -0.3 is 10.6 Å². The first kappa shape index (κ1) is 16.3. The maximum absolute atomic E-state index is 11.9. The van der Waals surface area contributed by atoms with Gasteiger partial charge in [0.25, 0.3) is 5.56 Å². The van der Waals surface area contributed by atoms with Gasteiger partial charge >= 0.3 is 5.69 Å². The van der Waals surface area contributed by atoms with Crippen molar-refractivity contribution in [2.45, 2.75) is 33.2 Å². The molecule has 1 rings (SSSR count). The van der Waals surface area contributed by atoms with Crippen LogP contribution in [0.15, 0.2) is 9.59 Å². The van der Waals surface area contributed by atoms with E-state index < -0.39 is 17.2 Å². The van der Waals surface area contributed by atoms with Crippen LogP contribution in [-0.4, -0.2) is 27.9 Å². The number of amides is 1. The van der Waals surface area contributed by atoms with Crippen LogP contribution in [0.3, 0.4) is 0 Å². The van der Waals surface area contributed by atoms with Crippen molar-refractivity contribution >= 4 is 29.0 Å². The molecule has 1 heterocycles. The summed E-state index contributed by atoms with van der Waals surface area (Å²) in [6, 6.07) is 0. The second-order valence-electron chi connectivity index (χ2n) is 4.27. The van der Waals surface area contributed by atoms with Gasteiger partial charge in [0.1, 0.15) is 11.7 Å². The first-order chi connectivity index (χ1) is 9.47. The highest BCUT2D eigenvalue weighted by Gasteiger charge is 2.21. The average Bonchev–Trinajstić information content (AvgIpc) is 2.42. The van der Waals surface area contributed by atoms with Crippen molar-refractivity contribution < 1.29 is 4.79 Å². The number of nitrogen functional groups attached to an aromatic ring is 1. The van der Waals surface area contributed by atoms with Gasteiger partial charge in [0.15, 0.2) is 5.69 Å². The molecule has 0 aliphatic rings. The molecule has 1 amide bonds. The Morgan fingerprint density at radius 2 is 2.05 bits per heavy atom. The Kier molecular flexibility index (Phi) is 5.82. The lowest BCUT2D eigenvalue weighted by atomic mass is 10.3. The topological polar surface area (TPSA) is 101 Å². The molecule has 0 radical (unpaired) electrons. The number of alkyl halides is 1. The number of aromatic amines is 1. The molecular weight excluding hydrogens is 284 g/mol. The number of nitrogens with two attached hydrogens (primary N) is 1. The van der Waals surface area contributed by atoms with E-state index in [9.17, 15) is 14.4 Å². The van der Waals surface area contributed by atoms with E-state index in [0.717, 1.165) is 12.8 Å². The van der Waals surface area contributed by atoms with Crippen LogP contribution in [0, 0.1) is 0 Å². The van der Waals surface area contributed by atoms with Crippen LogP contribution in [0.2, 0.25) is 0 Å². The van der Waals surface area contributed by atoms with Gasteiger partial charge in [-0.2, -0.15) is 0 Å². The molecule has 20 heavy (non-hydrogen) atoms. The van der Waals surface area contributed by atoms with Crippen LogP contribution in [0.5, 0.6) is 0 Å². The predicted octanol–water partition coefficient (Wildman–Crippen LogP) is 0.511. The van der Waals surface area contributed by atoms with Crippen LogP contribution in [0.25, 0.3) is 0 Å². The first-order valence-electron chi connectivity index (χ1n) is 6.46. The lowest BCUT2D eigenvalue weighted by Crippen LogP contribution is -2.41. The summed E-state index contributed by atoms with van der Waals surface area (Å²) in [6.07, 6.45) is 1.61. The Morgan fingerprint density at radius 1 is 1.40 bits per heavy atom. The number of aromatic nitrogens is 2. The number of anilines is 2. The molecule has 0 bridgehead atoms. The van der Waals surface area contributed by atoms with Crippen molar-refractivity contribution in [1.82, 2.24) is 9.55 Å². The number of H-pyrrole nitrogens is 1. The number of hydrogen-bond acceptors (Lipinski definition) is 4. The fraction of sp³-hybridized carbons (Fsp3) is 0.583. The van der Waals surface area contributed by atoms with E-state index in [2.05, 4.69) is 4.98 Å². The normalized spacial score (nSPS) is 10.6. The molecule has 1 aromatic rings. The van der Waals surface area contributed by atoms with Gasteiger partial charge in [-0.15, -0.1) is 11.6 Å². The number of nitrogens with one attached hydrogen (secondary N) is 1. The molecule has 0 saturated carbocycles. The Labute approximate surface area is 121 Å². The smallest absolute Gasteiger partial charge is 0.330 e. The third kappa shape index (κ3) is 3.22. The maximum Gasteiger partial charge on any atom is 0.330 e. The Morgan fingerprint density at radius 3 is 2.55 bits per heavy atom. The number of unbranched alkanes of at least 4 members (excludes halogenated alkanes) is 1. The lowest BCUT2D eigenvalue weighted by Gasteiger charge is -2.22. The molecule has 1 aromatic heterocycles. The van der Waals surface area contributed by atoms with E-state index in [1.54, 1.807) is 6.92 Å². The van der Waals surface area contributed by atoms with Gasteiger partial charge in [-0.25, -0.2) is 4.79 Å². The predicted molar refractivity (Wildman–Crippen MR) is 79.4 cm³/mol. The van der Waals surface area contributed by atoms with E-state index in [1.807, 2.05) is 6.92 Å². The van der Waals surface area contributed by atoms with Gasteiger partial charge in [-0.1, -0.05) is 13.3 Å². The highest BCUT2D eigenvalue weighted by Crippen LogP contribution is 2.17. The summed E-state index contributed by atoms with van der Waals surface area (Å²) >= 11 is 5.52. The summed E-state index contributed by atoms with van der Waals surface area (Å²) < 4.78 is 1.27. The van der Waals surface area contributed by atoms with Crippen LogP contribution in [-0.2, 0) is 11.3 Å². The van der Waals surface area contributed by atoms with Crippen molar-refractivity contribution in [3.8, 4) is 0 Å². The van der Waals surface area contributed by atoms with Crippen molar-refractivity contribution in [2.24, 2.45) is 0 Å².